The molecule has 0 fully saturated rings. The molecule has 0 N–H and O–H groups in total. The number of hydrogen-bond donors (Lipinski definition) is 0. The van der Waals surface area contributed by atoms with Crippen molar-refractivity contribution in [1.29, 1.82) is 0 Å². The topological polar surface area (TPSA) is 52.6 Å². The maximum Gasteiger partial charge on any atom is 0.507 e. The molecule has 17 heavy (non-hydrogen) atoms. The van der Waals surface area contributed by atoms with Gasteiger partial charge in [0.1, 0.15) is 0 Å². The fraction of sp³-hybridized carbons (Fsp3) is 0.417. The lowest BCUT2D eigenvalue weighted by Crippen LogP contribution is -2.06. The minimum absolute atomic E-state index is 0.304. The molecule has 1 atom stereocenters. The molecule has 0 aromatic heterocycles. The molecule has 0 spiro atoms. The zero-order valence-corrected chi connectivity index (χ0v) is 10.6. The van der Waals surface area contributed by atoms with Crippen LogP contribution in [-0.4, -0.2) is 29.8 Å². The Morgan fingerprint density at radius 3 is 2.59 bits per heavy atom. The summed E-state index contributed by atoms with van der Waals surface area (Å²) in [5.74, 6) is 0.578. The molecule has 0 saturated carbocycles. The first-order valence-electron chi connectivity index (χ1n) is 5.38. The lowest BCUT2D eigenvalue weighted by atomic mass is 10.4. The third kappa shape index (κ3) is 5.49. The number of carbonyl (C=O) groups excluding carboxylic acids is 1. The van der Waals surface area contributed by atoms with Gasteiger partial charge in [-0.2, -0.15) is 0 Å². The summed E-state index contributed by atoms with van der Waals surface area (Å²) >= 11 is 0. The maximum absolute atomic E-state index is 11.8. The molecule has 0 heterocycles. The first-order valence-corrected chi connectivity index (χ1v) is 6.70. The second kappa shape index (κ2) is 7.84. The highest BCUT2D eigenvalue weighted by Crippen LogP contribution is 2.07. The first kappa shape index (κ1) is 13.7. The van der Waals surface area contributed by atoms with Crippen molar-refractivity contribution in [1.82, 2.24) is 0 Å². The van der Waals surface area contributed by atoms with E-state index in [4.69, 9.17) is 4.74 Å². The number of benzene rings is 1. The van der Waals surface area contributed by atoms with Crippen molar-refractivity contribution in [3.63, 3.8) is 0 Å². The van der Waals surface area contributed by atoms with Gasteiger partial charge in [-0.3, -0.25) is 4.21 Å². The molecule has 4 nitrogen and oxygen atoms in total. The van der Waals surface area contributed by atoms with Crippen LogP contribution in [0.4, 0.5) is 4.79 Å². The number of carbonyl (C=O) groups is 1. The van der Waals surface area contributed by atoms with Gasteiger partial charge in [-0.25, -0.2) is 4.79 Å². The normalized spacial score (nSPS) is 11.8. The Balaban J connectivity index is 2.15. The number of ether oxygens (including phenoxy) is 2. The second-order valence-electron chi connectivity index (χ2n) is 3.37. The van der Waals surface area contributed by atoms with Crippen LogP contribution in [0.3, 0.4) is 0 Å². The van der Waals surface area contributed by atoms with E-state index < -0.39 is 17.0 Å². The van der Waals surface area contributed by atoms with Gasteiger partial charge in [0.15, 0.2) is 0 Å². The summed E-state index contributed by atoms with van der Waals surface area (Å²) in [7, 11) is 0.300. The molecular formula is C12H16O4S. The summed E-state index contributed by atoms with van der Waals surface area (Å²) in [6.07, 6.45) is 0.765. The van der Waals surface area contributed by atoms with Gasteiger partial charge in [-0.05, 0) is 25.0 Å². The fourth-order valence-corrected chi connectivity index (χ4v) is 2.40. The van der Waals surface area contributed by atoms with E-state index >= 15 is 0 Å². The molecule has 1 aromatic carbocycles. The van der Waals surface area contributed by atoms with Crippen LogP contribution in [-0.2, 0) is 20.3 Å². The average Bonchev–Trinajstić information content (AvgIpc) is 2.38. The molecule has 94 valence electrons. The van der Waals surface area contributed by atoms with E-state index in [2.05, 4.69) is 4.74 Å². The SMILES string of the molecule is COC(=O)OCCCCS(=O)c1ccccc1. The summed E-state index contributed by atoms with van der Waals surface area (Å²) < 4.78 is 20.8. The van der Waals surface area contributed by atoms with Crippen molar-refractivity contribution >= 4 is 17.0 Å². The Morgan fingerprint density at radius 1 is 1.24 bits per heavy atom. The molecule has 0 aliphatic rings. The minimum atomic E-state index is -0.971. The molecule has 1 aromatic rings. The van der Waals surface area contributed by atoms with Crippen LogP contribution in [0.25, 0.3) is 0 Å². The summed E-state index contributed by atoms with van der Waals surface area (Å²) in [5, 5.41) is 0. The molecule has 1 unspecified atom stereocenters. The summed E-state index contributed by atoms with van der Waals surface area (Å²) in [4.78, 5) is 11.5. The third-order valence-corrected chi connectivity index (χ3v) is 3.57. The monoisotopic (exact) mass is 256 g/mol. The Labute approximate surface area is 103 Å². The van der Waals surface area contributed by atoms with E-state index in [1.54, 1.807) is 0 Å². The minimum Gasteiger partial charge on any atom is -0.438 e. The van der Waals surface area contributed by atoms with E-state index in [9.17, 15) is 9.00 Å². The van der Waals surface area contributed by atoms with Crippen LogP contribution < -0.4 is 0 Å². The lowest BCUT2D eigenvalue weighted by Gasteiger charge is -2.03. The lowest BCUT2D eigenvalue weighted by molar-refractivity contribution is 0.0718. The number of methoxy groups -OCH3 is 1. The van der Waals surface area contributed by atoms with Crippen molar-refractivity contribution in [3.8, 4) is 0 Å². The number of hydrogen-bond acceptors (Lipinski definition) is 4. The van der Waals surface area contributed by atoms with E-state index in [1.165, 1.54) is 7.11 Å². The highest BCUT2D eigenvalue weighted by molar-refractivity contribution is 7.85. The van der Waals surface area contributed by atoms with Gasteiger partial charge >= 0.3 is 6.16 Å². The molecule has 0 aliphatic heterocycles. The van der Waals surface area contributed by atoms with Crippen molar-refractivity contribution in [3.05, 3.63) is 30.3 Å². The summed E-state index contributed by atoms with van der Waals surface area (Å²) in [6, 6.07) is 9.33. The van der Waals surface area contributed by atoms with Gasteiger partial charge in [0.25, 0.3) is 0 Å². The Bertz CT molecular complexity index is 364. The van der Waals surface area contributed by atoms with Crippen LogP contribution >= 0.6 is 0 Å². The summed E-state index contributed by atoms with van der Waals surface area (Å²) in [6.45, 7) is 0.304. The Kier molecular flexibility index (Phi) is 6.32. The van der Waals surface area contributed by atoms with E-state index in [0.29, 0.717) is 18.8 Å². The first-order chi connectivity index (χ1) is 8.24. The smallest absolute Gasteiger partial charge is 0.438 e. The average molecular weight is 256 g/mol. The zero-order valence-electron chi connectivity index (χ0n) is 9.76. The predicted molar refractivity (Wildman–Crippen MR) is 65.3 cm³/mol. The molecule has 1 rings (SSSR count). The van der Waals surface area contributed by atoms with Gasteiger partial charge in [0.05, 0.1) is 24.5 Å². The van der Waals surface area contributed by atoms with Gasteiger partial charge in [0.2, 0.25) is 0 Å². The fourth-order valence-electron chi connectivity index (χ4n) is 1.24. The Morgan fingerprint density at radius 2 is 1.94 bits per heavy atom. The van der Waals surface area contributed by atoms with Gasteiger partial charge < -0.3 is 9.47 Å². The van der Waals surface area contributed by atoms with E-state index in [1.807, 2.05) is 30.3 Å². The maximum atomic E-state index is 11.8. The van der Waals surface area contributed by atoms with E-state index in [-0.39, 0.29) is 0 Å². The van der Waals surface area contributed by atoms with Gasteiger partial charge in [-0.1, -0.05) is 18.2 Å². The van der Waals surface area contributed by atoms with Crippen LogP contribution in [0.2, 0.25) is 0 Å². The highest BCUT2D eigenvalue weighted by Gasteiger charge is 2.03. The molecule has 0 bridgehead atoms. The molecular weight excluding hydrogens is 240 g/mol. The van der Waals surface area contributed by atoms with Gasteiger partial charge in [-0.15, -0.1) is 0 Å². The van der Waals surface area contributed by atoms with Crippen LogP contribution in [0, 0.1) is 0 Å². The predicted octanol–water partition coefficient (Wildman–Crippen LogP) is 2.36. The Hall–Kier alpha value is -1.36. The van der Waals surface area contributed by atoms with E-state index in [0.717, 1.165) is 11.3 Å². The zero-order chi connectivity index (χ0) is 12.5. The largest absolute Gasteiger partial charge is 0.507 e. The van der Waals surface area contributed by atoms with Crippen LogP contribution in [0.15, 0.2) is 35.2 Å². The van der Waals surface area contributed by atoms with Crippen LogP contribution in [0.5, 0.6) is 0 Å². The van der Waals surface area contributed by atoms with Crippen molar-refractivity contribution < 1.29 is 18.5 Å². The molecule has 0 saturated heterocycles. The third-order valence-electron chi connectivity index (χ3n) is 2.12. The summed E-state index contributed by atoms with van der Waals surface area (Å²) in [5.41, 5.74) is 0. The second-order valence-corrected chi connectivity index (χ2v) is 4.94. The number of rotatable bonds is 6. The molecule has 0 radical (unpaired) electrons. The molecule has 0 amide bonds. The molecule has 5 heteroatoms. The van der Waals surface area contributed by atoms with Crippen molar-refractivity contribution in [2.75, 3.05) is 19.5 Å². The van der Waals surface area contributed by atoms with Crippen molar-refractivity contribution in [2.24, 2.45) is 0 Å². The highest BCUT2D eigenvalue weighted by atomic mass is 32.2. The quantitative estimate of drug-likeness (QED) is 0.579. The molecule has 0 aliphatic carbocycles. The number of unbranched alkanes of at least 4 members (excludes halogenated alkanes) is 1. The van der Waals surface area contributed by atoms with Gasteiger partial charge in [0, 0.05) is 10.6 Å². The van der Waals surface area contributed by atoms with Crippen LogP contribution in [0.1, 0.15) is 12.8 Å². The van der Waals surface area contributed by atoms with Crippen molar-refractivity contribution in [2.45, 2.75) is 17.7 Å². The standard InChI is InChI=1S/C12H16O4S/c1-15-12(13)16-9-5-6-10-17(14)11-7-3-2-4-8-11/h2-4,7-8H,5-6,9-10H2,1H3.